The number of rotatable bonds is 5. The summed E-state index contributed by atoms with van der Waals surface area (Å²) in [5, 5.41) is 2.81. The van der Waals surface area contributed by atoms with Crippen LogP contribution < -0.4 is 10.9 Å². The quantitative estimate of drug-likeness (QED) is 0.819. The smallest absolute Gasteiger partial charge is 0.317 e. The summed E-state index contributed by atoms with van der Waals surface area (Å²) in [5.74, 6) is -0.101. The molecular formula is C17H24N4O4. The fraction of sp³-hybridized carbons (Fsp3) is 0.588. The third-order valence-electron chi connectivity index (χ3n) is 4.78. The monoisotopic (exact) mass is 348 g/mol. The van der Waals surface area contributed by atoms with Crippen molar-refractivity contribution in [3.05, 3.63) is 34.2 Å². The van der Waals surface area contributed by atoms with Gasteiger partial charge in [0.1, 0.15) is 0 Å². The number of hydrogen-bond donors (Lipinski definition) is 1. The van der Waals surface area contributed by atoms with Crippen LogP contribution in [0.5, 0.6) is 0 Å². The number of methoxy groups -OCH3 is 1. The number of likely N-dealkylation sites (tertiary alicyclic amines) is 1. The number of nitrogens with zero attached hydrogens (tertiary/aromatic N) is 3. The minimum Gasteiger partial charge on any atom is -0.383 e. The minimum atomic E-state index is -0.154. The van der Waals surface area contributed by atoms with E-state index in [0.29, 0.717) is 44.9 Å². The first-order valence-electron chi connectivity index (χ1n) is 8.63. The number of nitrogens with one attached hydrogen (secondary N) is 1. The first-order chi connectivity index (χ1) is 12.1. The van der Waals surface area contributed by atoms with E-state index in [9.17, 15) is 14.4 Å². The van der Waals surface area contributed by atoms with Crippen LogP contribution in [0, 0.1) is 0 Å². The molecule has 0 aromatic carbocycles. The lowest BCUT2D eigenvalue weighted by atomic mass is 10.0. The molecule has 0 bridgehead atoms. The molecule has 136 valence electrons. The molecule has 2 aliphatic heterocycles. The molecule has 2 aliphatic rings. The van der Waals surface area contributed by atoms with Crippen LogP contribution in [0.15, 0.2) is 23.1 Å². The van der Waals surface area contributed by atoms with Crippen molar-refractivity contribution in [3.63, 3.8) is 0 Å². The van der Waals surface area contributed by atoms with E-state index in [0.717, 1.165) is 12.8 Å². The fourth-order valence-electron chi connectivity index (χ4n) is 3.43. The molecule has 8 heteroatoms. The molecule has 0 spiro atoms. The molecule has 0 saturated carbocycles. The van der Waals surface area contributed by atoms with Crippen LogP contribution >= 0.6 is 0 Å². The Hall–Kier alpha value is -2.35. The third kappa shape index (κ3) is 3.84. The van der Waals surface area contributed by atoms with Crippen molar-refractivity contribution in [2.24, 2.45) is 0 Å². The van der Waals surface area contributed by atoms with Gasteiger partial charge in [-0.2, -0.15) is 0 Å². The van der Waals surface area contributed by atoms with Crippen molar-refractivity contribution < 1.29 is 14.3 Å². The van der Waals surface area contributed by atoms with Crippen molar-refractivity contribution >= 4 is 11.9 Å². The first kappa shape index (κ1) is 17.5. The van der Waals surface area contributed by atoms with Gasteiger partial charge in [0.15, 0.2) is 0 Å². The predicted molar refractivity (Wildman–Crippen MR) is 91.6 cm³/mol. The Labute approximate surface area is 146 Å². The van der Waals surface area contributed by atoms with Gasteiger partial charge in [0, 0.05) is 52.1 Å². The zero-order valence-corrected chi connectivity index (χ0v) is 14.4. The Morgan fingerprint density at radius 1 is 1.32 bits per heavy atom. The third-order valence-corrected chi connectivity index (χ3v) is 4.78. The highest BCUT2D eigenvalue weighted by Gasteiger charge is 2.33. The highest BCUT2D eigenvalue weighted by molar-refractivity contribution is 5.94. The summed E-state index contributed by atoms with van der Waals surface area (Å²) in [6.07, 6.45) is 3.36. The summed E-state index contributed by atoms with van der Waals surface area (Å²) < 4.78 is 6.49. The second-order valence-electron chi connectivity index (χ2n) is 6.41. The molecule has 2 saturated heterocycles. The van der Waals surface area contributed by atoms with Gasteiger partial charge in [0.2, 0.25) is 0 Å². The Morgan fingerprint density at radius 2 is 2.16 bits per heavy atom. The molecule has 2 fully saturated rings. The van der Waals surface area contributed by atoms with Gasteiger partial charge in [-0.3, -0.25) is 9.59 Å². The summed E-state index contributed by atoms with van der Waals surface area (Å²) in [6.45, 7) is 3.37. The van der Waals surface area contributed by atoms with Crippen molar-refractivity contribution in [2.75, 3.05) is 39.9 Å². The van der Waals surface area contributed by atoms with Gasteiger partial charge >= 0.3 is 6.03 Å². The second-order valence-corrected chi connectivity index (χ2v) is 6.41. The lowest BCUT2D eigenvalue weighted by Crippen LogP contribution is -2.50. The fourth-order valence-corrected chi connectivity index (χ4v) is 3.43. The Kier molecular flexibility index (Phi) is 5.37. The maximum atomic E-state index is 12.8. The van der Waals surface area contributed by atoms with Crippen LogP contribution in [0.2, 0.25) is 0 Å². The molecule has 1 atom stereocenters. The second kappa shape index (κ2) is 7.69. The zero-order chi connectivity index (χ0) is 17.8. The number of piperidine rings is 1. The average Bonchev–Trinajstić information content (AvgIpc) is 3.06. The normalized spacial score (nSPS) is 20.7. The molecule has 0 radical (unpaired) electrons. The molecule has 3 amide bonds. The van der Waals surface area contributed by atoms with E-state index in [2.05, 4.69) is 5.32 Å². The van der Waals surface area contributed by atoms with E-state index < -0.39 is 0 Å². The highest BCUT2D eigenvalue weighted by atomic mass is 16.5. The number of hydrogen-bond acceptors (Lipinski definition) is 4. The highest BCUT2D eigenvalue weighted by Crippen LogP contribution is 2.19. The standard InChI is InChI=1S/C17H24N4O4/c1-25-10-9-19-11-13(4-5-15(19)22)16(23)20-7-2-3-14(12-20)21-8-6-18-17(21)24/h4-5,11,14H,2-3,6-10,12H2,1H3,(H,18,24)/t14-/m0/s1. The van der Waals surface area contributed by atoms with Crippen LogP contribution in [0.4, 0.5) is 4.79 Å². The van der Waals surface area contributed by atoms with Gasteiger partial charge < -0.3 is 24.4 Å². The predicted octanol–water partition coefficient (Wildman–Crippen LogP) is 0.125. The molecule has 0 unspecified atom stereocenters. The molecule has 0 aliphatic carbocycles. The number of aromatic nitrogens is 1. The van der Waals surface area contributed by atoms with E-state index >= 15 is 0 Å². The van der Waals surface area contributed by atoms with Gasteiger partial charge in [-0.25, -0.2) is 4.79 Å². The molecule has 8 nitrogen and oxygen atoms in total. The SMILES string of the molecule is COCCn1cc(C(=O)N2CCC[C@H](N3CCNC3=O)C2)ccc1=O. The van der Waals surface area contributed by atoms with Gasteiger partial charge in [-0.15, -0.1) is 0 Å². The van der Waals surface area contributed by atoms with Gasteiger partial charge in [-0.1, -0.05) is 0 Å². The molecule has 1 aromatic rings. The van der Waals surface area contributed by atoms with Crippen molar-refractivity contribution in [2.45, 2.75) is 25.4 Å². The van der Waals surface area contributed by atoms with Gasteiger partial charge in [0.05, 0.1) is 18.2 Å². The lowest BCUT2D eigenvalue weighted by Gasteiger charge is -2.37. The van der Waals surface area contributed by atoms with Crippen LogP contribution in [0.25, 0.3) is 0 Å². The maximum Gasteiger partial charge on any atom is 0.317 e. The maximum absolute atomic E-state index is 12.8. The van der Waals surface area contributed by atoms with Gasteiger partial charge in [0.25, 0.3) is 11.5 Å². The Balaban J connectivity index is 1.71. The number of ether oxygens (including phenoxy) is 1. The first-order valence-corrected chi connectivity index (χ1v) is 8.63. The molecule has 1 N–H and O–H groups in total. The molecule has 1 aromatic heterocycles. The summed E-state index contributed by atoms with van der Waals surface area (Å²) in [4.78, 5) is 40.2. The van der Waals surface area contributed by atoms with Crippen LogP contribution in [-0.4, -0.2) is 72.2 Å². The van der Waals surface area contributed by atoms with Crippen LogP contribution in [0.3, 0.4) is 0 Å². The van der Waals surface area contributed by atoms with E-state index in [1.165, 1.54) is 10.6 Å². The number of pyridine rings is 1. The summed E-state index contributed by atoms with van der Waals surface area (Å²) in [7, 11) is 1.57. The van der Waals surface area contributed by atoms with E-state index in [4.69, 9.17) is 4.74 Å². The molecule has 3 heterocycles. The topological polar surface area (TPSA) is 83.9 Å². The van der Waals surface area contributed by atoms with Crippen LogP contribution in [0.1, 0.15) is 23.2 Å². The van der Waals surface area contributed by atoms with Crippen LogP contribution in [-0.2, 0) is 11.3 Å². The minimum absolute atomic E-state index is 0.0487. The average molecular weight is 348 g/mol. The number of urea groups is 1. The largest absolute Gasteiger partial charge is 0.383 e. The van der Waals surface area contributed by atoms with E-state index in [1.807, 2.05) is 4.90 Å². The Bertz CT molecular complexity index is 702. The molecular weight excluding hydrogens is 324 g/mol. The Morgan fingerprint density at radius 3 is 2.88 bits per heavy atom. The number of carbonyl (C=O) groups is 2. The van der Waals surface area contributed by atoms with Crippen molar-refractivity contribution in [3.8, 4) is 0 Å². The zero-order valence-electron chi connectivity index (χ0n) is 14.4. The number of carbonyl (C=O) groups excluding carboxylic acids is 2. The summed E-state index contributed by atoms with van der Waals surface area (Å²) in [5.41, 5.74) is 0.334. The van der Waals surface area contributed by atoms with Gasteiger partial charge in [-0.05, 0) is 18.9 Å². The van der Waals surface area contributed by atoms with Crippen molar-refractivity contribution in [1.82, 2.24) is 19.7 Å². The summed E-state index contributed by atoms with van der Waals surface area (Å²) in [6, 6.07) is 2.99. The molecule has 3 rings (SSSR count). The van der Waals surface area contributed by atoms with Crippen molar-refractivity contribution in [1.29, 1.82) is 0 Å². The van der Waals surface area contributed by atoms with E-state index in [-0.39, 0.29) is 23.5 Å². The number of amides is 3. The lowest BCUT2D eigenvalue weighted by molar-refractivity contribution is 0.0633. The summed E-state index contributed by atoms with van der Waals surface area (Å²) >= 11 is 0. The van der Waals surface area contributed by atoms with E-state index in [1.54, 1.807) is 24.3 Å². The molecule has 25 heavy (non-hydrogen) atoms.